The maximum atomic E-state index is 12.2. The summed E-state index contributed by atoms with van der Waals surface area (Å²) in [6, 6.07) is -0.733. The molecule has 0 aromatic carbocycles. The first-order valence-electron chi connectivity index (χ1n) is 8.56. The summed E-state index contributed by atoms with van der Waals surface area (Å²) in [5.41, 5.74) is -0.677. The van der Waals surface area contributed by atoms with Crippen molar-refractivity contribution >= 4 is 12.1 Å². The van der Waals surface area contributed by atoms with Crippen LogP contribution in [0.3, 0.4) is 0 Å². The molecule has 0 unspecified atom stereocenters. The number of fused-ring (bicyclic) bond motifs is 1. The first kappa shape index (κ1) is 20.9. The maximum Gasteiger partial charge on any atom is 0.407 e. The molecule has 5 atom stereocenters. The van der Waals surface area contributed by atoms with E-state index < -0.39 is 54.1 Å². The molecule has 0 aromatic rings. The molecular weight excluding hydrogens is 346 g/mol. The zero-order valence-corrected chi connectivity index (χ0v) is 16.4. The van der Waals surface area contributed by atoms with Gasteiger partial charge in [-0.2, -0.15) is 0 Å². The van der Waals surface area contributed by atoms with Crippen molar-refractivity contribution in [3.63, 3.8) is 0 Å². The monoisotopic (exact) mass is 375 g/mol. The van der Waals surface area contributed by atoms with Crippen LogP contribution in [0.15, 0.2) is 0 Å². The van der Waals surface area contributed by atoms with Gasteiger partial charge in [-0.1, -0.05) is 0 Å². The first-order chi connectivity index (χ1) is 12.0. The number of esters is 1. The molecule has 0 saturated carbocycles. The molecule has 1 N–H and O–H groups in total. The van der Waals surface area contributed by atoms with Crippen molar-refractivity contribution in [2.24, 2.45) is 0 Å². The predicted molar refractivity (Wildman–Crippen MR) is 89.3 cm³/mol. The second-order valence-electron chi connectivity index (χ2n) is 7.80. The Balaban J connectivity index is 2.14. The van der Waals surface area contributed by atoms with Gasteiger partial charge in [0.2, 0.25) is 0 Å². The van der Waals surface area contributed by atoms with Crippen LogP contribution in [0.5, 0.6) is 0 Å². The van der Waals surface area contributed by atoms with Crippen molar-refractivity contribution < 1.29 is 38.0 Å². The fourth-order valence-electron chi connectivity index (χ4n) is 3.07. The van der Waals surface area contributed by atoms with Gasteiger partial charge in [0, 0.05) is 7.11 Å². The highest BCUT2D eigenvalue weighted by Gasteiger charge is 2.57. The summed E-state index contributed by atoms with van der Waals surface area (Å²) in [6.07, 6.45) is -3.10. The third kappa shape index (κ3) is 5.06. The Morgan fingerprint density at radius 3 is 2.38 bits per heavy atom. The van der Waals surface area contributed by atoms with Crippen LogP contribution in [0.25, 0.3) is 0 Å². The third-order valence-electron chi connectivity index (χ3n) is 4.01. The Morgan fingerprint density at radius 2 is 1.85 bits per heavy atom. The number of carbonyl (C=O) groups is 2. The fourth-order valence-corrected chi connectivity index (χ4v) is 3.07. The molecule has 9 heteroatoms. The molecule has 0 radical (unpaired) electrons. The SMILES string of the molecule is COC(=O)C[C@@H](NC(=O)OC(C)(C)C)[C@H]1O[C@@H]2OC(C)(C)O[C@@H]2[C@H]1OC. The lowest BCUT2D eigenvalue weighted by Gasteiger charge is -2.31. The minimum absolute atomic E-state index is 0.108. The molecule has 2 aliphatic heterocycles. The van der Waals surface area contributed by atoms with Crippen LogP contribution in [-0.2, 0) is 33.2 Å². The van der Waals surface area contributed by atoms with E-state index in [1.807, 2.05) is 0 Å². The average Bonchev–Trinajstić information content (AvgIpc) is 2.95. The Morgan fingerprint density at radius 1 is 1.19 bits per heavy atom. The molecule has 9 nitrogen and oxygen atoms in total. The summed E-state index contributed by atoms with van der Waals surface area (Å²) in [5.74, 6) is -1.29. The van der Waals surface area contributed by atoms with Crippen LogP contribution >= 0.6 is 0 Å². The van der Waals surface area contributed by atoms with Crippen LogP contribution in [0.1, 0.15) is 41.0 Å². The van der Waals surface area contributed by atoms with Gasteiger partial charge in [0.25, 0.3) is 0 Å². The summed E-state index contributed by atoms with van der Waals surface area (Å²) in [6.45, 7) is 8.81. The van der Waals surface area contributed by atoms with E-state index in [1.165, 1.54) is 14.2 Å². The molecule has 150 valence electrons. The molecule has 0 bridgehead atoms. The third-order valence-corrected chi connectivity index (χ3v) is 4.01. The number of nitrogens with one attached hydrogen (secondary N) is 1. The predicted octanol–water partition coefficient (Wildman–Crippen LogP) is 1.33. The van der Waals surface area contributed by atoms with Crippen molar-refractivity contribution in [3.8, 4) is 0 Å². The summed E-state index contributed by atoms with van der Waals surface area (Å²) >= 11 is 0. The average molecular weight is 375 g/mol. The minimum Gasteiger partial charge on any atom is -0.469 e. The number of alkyl carbamates (subject to hydrolysis) is 1. The quantitative estimate of drug-likeness (QED) is 0.718. The number of rotatable bonds is 5. The van der Waals surface area contributed by atoms with Gasteiger partial charge in [-0.25, -0.2) is 4.79 Å². The molecule has 2 heterocycles. The molecular formula is C17H29NO8. The summed E-state index contributed by atoms with van der Waals surface area (Å²) in [7, 11) is 2.79. The Hall–Kier alpha value is -1.42. The van der Waals surface area contributed by atoms with Gasteiger partial charge in [0.15, 0.2) is 12.1 Å². The topological polar surface area (TPSA) is 102 Å². The molecule has 0 spiro atoms. The normalized spacial score (nSPS) is 31.2. The number of ether oxygens (including phenoxy) is 6. The van der Waals surface area contributed by atoms with Crippen molar-refractivity contribution in [2.75, 3.05) is 14.2 Å². The number of hydrogen-bond donors (Lipinski definition) is 1. The first-order valence-corrected chi connectivity index (χ1v) is 8.56. The Kier molecular flexibility index (Phi) is 6.17. The second kappa shape index (κ2) is 7.67. The largest absolute Gasteiger partial charge is 0.469 e. The van der Waals surface area contributed by atoms with Crippen LogP contribution in [0.2, 0.25) is 0 Å². The lowest BCUT2D eigenvalue weighted by Crippen LogP contribution is -2.52. The van der Waals surface area contributed by atoms with E-state index in [1.54, 1.807) is 34.6 Å². The molecule has 2 saturated heterocycles. The number of hydrogen-bond acceptors (Lipinski definition) is 8. The van der Waals surface area contributed by atoms with Gasteiger partial charge >= 0.3 is 12.1 Å². The van der Waals surface area contributed by atoms with E-state index in [2.05, 4.69) is 5.32 Å². The van der Waals surface area contributed by atoms with E-state index in [4.69, 9.17) is 28.4 Å². The van der Waals surface area contributed by atoms with Gasteiger partial charge in [0.1, 0.15) is 23.9 Å². The van der Waals surface area contributed by atoms with Crippen LogP contribution in [0.4, 0.5) is 4.79 Å². The highest BCUT2D eigenvalue weighted by molar-refractivity contribution is 5.73. The second-order valence-corrected chi connectivity index (χ2v) is 7.80. The molecule has 2 fully saturated rings. The zero-order chi connectivity index (χ0) is 19.7. The zero-order valence-electron chi connectivity index (χ0n) is 16.4. The van der Waals surface area contributed by atoms with Crippen LogP contribution in [0, 0.1) is 0 Å². The molecule has 0 aromatic heterocycles. The summed E-state index contributed by atoms with van der Waals surface area (Å²) < 4.78 is 33.0. The van der Waals surface area contributed by atoms with Gasteiger partial charge in [-0.3, -0.25) is 4.79 Å². The lowest BCUT2D eigenvalue weighted by molar-refractivity contribution is -0.220. The number of amides is 1. The number of methoxy groups -OCH3 is 2. The molecule has 26 heavy (non-hydrogen) atoms. The maximum absolute atomic E-state index is 12.2. The van der Waals surface area contributed by atoms with Gasteiger partial charge in [-0.05, 0) is 34.6 Å². The van der Waals surface area contributed by atoms with Crippen molar-refractivity contribution in [1.29, 1.82) is 0 Å². The van der Waals surface area contributed by atoms with Crippen molar-refractivity contribution in [2.45, 2.75) is 83.1 Å². The van der Waals surface area contributed by atoms with E-state index in [0.717, 1.165) is 0 Å². The van der Waals surface area contributed by atoms with Crippen molar-refractivity contribution in [3.05, 3.63) is 0 Å². The van der Waals surface area contributed by atoms with E-state index >= 15 is 0 Å². The Bertz CT molecular complexity index is 529. The summed E-state index contributed by atoms with van der Waals surface area (Å²) in [5, 5.41) is 2.68. The molecule has 2 aliphatic rings. The highest BCUT2D eigenvalue weighted by Crippen LogP contribution is 2.39. The number of carbonyl (C=O) groups excluding carboxylic acids is 2. The van der Waals surface area contributed by atoms with Crippen LogP contribution in [-0.4, -0.2) is 68.3 Å². The molecule has 0 aliphatic carbocycles. The van der Waals surface area contributed by atoms with Crippen molar-refractivity contribution in [1.82, 2.24) is 5.32 Å². The lowest BCUT2D eigenvalue weighted by atomic mass is 10.0. The standard InChI is InChI=1S/C17H29NO8/c1-16(2,3)26-15(20)18-9(8-10(19)21-6)11-12(22-7)13-14(23-11)25-17(4,5)24-13/h9,11-14H,8H2,1-7H3,(H,18,20)/t9-,11-,12+,13-,14-/m1/s1. The van der Waals surface area contributed by atoms with Crippen LogP contribution < -0.4 is 5.32 Å². The van der Waals surface area contributed by atoms with E-state index in [-0.39, 0.29) is 6.42 Å². The minimum atomic E-state index is -0.798. The highest BCUT2D eigenvalue weighted by atomic mass is 16.8. The molecule has 2 rings (SSSR count). The molecule has 1 amide bonds. The van der Waals surface area contributed by atoms with Gasteiger partial charge in [0.05, 0.1) is 19.6 Å². The Labute approximate surface area is 153 Å². The van der Waals surface area contributed by atoms with E-state index in [9.17, 15) is 9.59 Å². The summed E-state index contributed by atoms with van der Waals surface area (Å²) in [4.78, 5) is 24.0. The smallest absolute Gasteiger partial charge is 0.407 e. The van der Waals surface area contributed by atoms with Gasteiger partial charge < -0.3 is 33.7 Å². The van der Waals surface area contributed by atoms with E-state index in [0.29, 0.717) is 0 Å². The van der Waals surface area contributed by atoms with Gasteiger partial charge in [-0.15, -0.1) is 0 Å². The fraction of sp³-hybridized carbons (Fsp3) is 0.882.